The smallest absolute Gasteiger partial charge is 0.333 e. The number of carbonyl (C=O) groups is 2. The van der Waals surface area contributed by atoms with E-state index < -0.39 is 11.9 Å². The molecule has 0 spiro atoms. The first-order valence-corrected chi connectivity index (χ1v) is 12.0. The monoisotopic (exact) mass is 439 g/mol. The maximum Gasteiger partial charge on any atom is 0.333 e. The Bertz CT molecular complexity index is 509. The number of rotatable bonds is 19. The van der Waals surface area contributed by atoms with Crippen molar-refractivity contribution in [2.75, 3.05) is 13.1 Å². The van der Waals surface area contributed by atoms with Crippen molar-refractivity contribution >= 4 is 18.3 Å². The molecule has 0 unspecified atom stereocenters. The molecule has 0 atom stereocenters. The SMILES string of the molecule is CCCCCCCCCCCCCCCC=COC(=O)CCC(=O)ON1C=NCC1.N. The summed E-state index contributed by atoms with van der Waals surface area (Å²) in [6.45, 7) is 3.46. The fraction of sp³-hybridized carbons (Fsp3) is 0.792. The van der Waals surface area contributed by atoms with E-state index in [1.165, 1.54) is 94.7 Å². The van der Waals surface area contributed by atoms with Crippen molar-refractivity contribution in [3.8, 4) is 0 Å². The molecule has 1 aliphatic heterocycles. The Labute approximate surface area is 189 Å². The van der Waals surface area contributed by atoms with E-state index in [0.29, 0.717) is 13.1 Å². The lowest BCUT2D eigenvalue weighted by molar-refractivity contribution is -0.171. The molecular weight excluding hydrogens is 394 g/mol. The number of aliphatic imine (C=N–C) groups is 1. The topological polar surface area (TPSA) is 103 Å². The summed E-state index contributed by atoms with van der Waals surface area (Å²) in [5, 5.41) is 1.38. The second kappa shape index (κ2) is 21.3. The summed E-state index contributed by atoms with van der Waals surface area (Å²) in [6, 6.07) is 0. The van der Waals surface area contributed by atoms with Crippen LogP contribution < -0.4 is 6.15 Å². The minimum absolute atomic E-state index is 0. The number of hydrogen-bond acceptors (Lipinski definition) is 7. The second-order valence-electron chi connectivity index (χ2n) is 8.02. The number of hydroxylamine groups is 2. The Balaban J connectivity index is 0.00000900. The third-order valence-electron chi connectivity index (χ3n) is 5.18. The van der Waals surface area contributed by atoms with Crippen molar-refractivity contribution in [2.45, 2.75) is 110 Å². The van der Waals surface area contributed by atoms with Crippen LogP contribution in [0.15, 0.2) is 17.3 Å². The van der Waals surface area contributed by atoms with Gasteiger partial charge in [0.25, 0.3) is 0 Å². The van der Waals surface area contributed by atoms with E-state index >= 15 is 0 Å². The largest absolute Gasteiger partial charge is 0.435 e. The van der Waals surface area contributed by atoms with Crippen molar-refractivity contribution in [3.05, 3.63) is 12.3 Å². The maximum absolute atomic E-state index is 11.6. The lowest BCUT2D eigenvalue weighted by atomic mass is 10.0. The number of allylic oxidation sites excluding steroid dienone is 1. The van der Waals surface area contributed by atoms with Gasteiger partial charge in [-0.3, -0.25) is 9.79 Å². The number of unbranched alkanes of at least 4 members (excludes halogenated alkanes) is 13. The summed E-state index contributed by atoms with van der Waals surface area (Å²) in [5.74, 6) is -0.861. The quantitative estimate of drug-likeness (QED) is 0.144. The van der Waals surface area contributed by atoms with Gasteiger partial charge in [-0.05, 0) is 18.9 Å². The number of hydrogen-bond donors (Lipinski definition) is 1. The van der Waals surface area contributed by atoms with E-state index in [-0.39, 0.29) is 19.0 Å². The first kappa shape index (κ1) is 29.1. The standard InChI is InChI=1S/C24H42N2O4.H3N/c1-2-3-4-5-6-7-8-9-10-11-12-13-14-15-16-21-29-23(27)17-18-24(28)30-26-20-19-25-22-26;/h16,21-22H,2-15,17-20H2,1H3;1H3. The summed E-state index contributed by atoms with van der Waals surface area (Å²) in [5.41, 5.74) is 0. The average Bonchev–Trinajstić information content (AvgIpc) is 3.25. The molecule has 0 radical (unpaired) electrons. The molecule has 3 N–H and O–H groups in total. The highest BCUT2D eigenvalue weighted by Crippen LogP contribution is 2.13. The van der Waals surface area contributed by atoms with E-state index in [9.17, 15) is 9.59 Å². The summed E-state index contributed by atoms with van der Waals surface area (Å²) in [7, 11) is 0. The highest BCUT2D eigenvalue weighted by molar-refractivity contribution is 5.78. The first-order chi connectivity index (χ1) is 14.7. The van der Waals surface area contributed by atoms with Crippen LogP contribution in [0.5, 0.6) is 0 Å². The zero-order valence-electron chi connectivity index (χ0n) is 19.7. The summed E-state index contributed by atoms with van der Waals surface area (Å²) in [4.78, 5) is 32.1. The summed E-state index contributed by atoms with van der Waals surface area (Å²) >= 11 is 0. The fourth-order valence-corrected chi connectivity index (χ4v) is 3.34. The van der Waals surface area contributed by atoms with Crippen molar-refractivity contribution in [2.24, 2.45) is 4.99 Å². The van der Waals surface area contributed by atoms with Crippen molar-refractivity contribution in [1.82, 2.24) is 11.2 Å². The molecular formula is C24H45N3O4. The molecule has 0 aromatic carbocycles. The molecule has 0 aliphatic carbocycles. The molecule has 0 fully saturated rings. The number of nitrogens with zero attached hydrogens (tertiary/aromatic N) is 2. The minimum atomic E-state index is -0.448. The van der Waals surface area contributed by atoms with Gasteiger partial charge in [-0.15, -0.1) is 0 Å². The predicted molar refractivity (Wildman–Crippen MR) is 126 cm³/mol. The lowest BCUT2D eigenvalue weighted by Gasteiger charge is -2.12. The Morgan fingerprint density at radius 2 is 1.42 bits per heavy atom. The molecule has 0 bridgehead atoms. The van der Waals surface area contributed by atoms with Crippen LogP contribution in [-0.2, 0) is 19.2 Å². The second-order valence-corrected chi connectivity index (χ2v) is 8.02. The zero-order chi connectivity index (χ0) is 21.7. The predicted octanol–water partition coefficient (Wildman–Crippen LogP) is 6.27. The summed E-state index contributed by atoms with van der Waals surface area (Å²) in [6.07, 6.45) is 23.2. The molecule has 7 nitrogen and oxygen atoms in total. The van der Waals surface area contributed by atoms with Gasteiger partial charge in [0.15, 0.2) is 0 Å². The molecule has 31 heavy (non-hydrogen) atoms. The Morgan fingerprint density at radius 3 is 1.97 bits per heavy atom. The number of carbonyl (C=O) groups excluding carboxylic acids is 2. The zero-order valence-corrected chi connectivity index (χ0v) is 19.7. The molecule has 1 heterocycles. The number of ether oxygens (including phenoxy) is 1. The van der Waals surface area contributed by atoms with Crippen LogP contribution in [0.4, 0.5) is 0 Å². The molecule has 180 valence electrons. The van der Waals surface area contributed by atoms with Gasteiger partial charge in [0.1, 0.15) is 6.34 Å². The first-order valence-electron chi connectivity index (χ1n) is 12.0. The molecule has 0 aromatic rings. The van der Waals surface area contributed by atoms with Crippen LogP contribution in [0.2, 0.25) is 0 Å². The average molecular weight is 440 g/mol. The van der Waals surface area contributed by atoms with Crippen LogP contribution in [0, 0.1) is 0 Å². The van der Waals surface area contributed by atoms with E-state index in [2.05, 4.69) is 11.9 Å². The van der Waals surface area contributed by atoms with Gasteiger partial charge in [-0.1, -0.05) is 84.0 Å². The third kappa shape index (κ3) is 18.6. The van der Waals surface area contributed by atoms with Gasteiger partial charge >= 0.3 is 11.9 Å². The van der Waals surface area contributed by atoms with Gasteiger partial charge in [0.2, 0.25) is 0 Å². The number of esters is 1. The Hall–Kier alpha value is -1.89. The van der Waals surface area contributed by atoms with E-state index in [4.69, 9.17) is 9.57 Å². The third-order valence-corrected chi connectivity index (χ3v) is 5.18. The van der Waals surface area contributed by atoms with Crippen LogP contribution in [0.1, 0.15) is 110 Å². The fourth-order valence-electron chi connectivity index (χ4n) is 3.34. The van der Waals surface area contributed by atoms with E-state index in [1.807, 2.05) is 6.08 Å². The molecule has 0 aromatic heterocycles. The van der Waals surface area contributed by atoms with Gasteiger partial charge in [0.05, 0.1) is 32.2 Å². The van der Waals surface area contributed by atoms with Crippen LogP contribution in [0.3, 0.4) is 0 Å². The van der Waals surface area contributed by atoms with Crippen molar-refractivity contribution in [1.29, 1.82) is 0 Å². The maximum atomic E-state index is 11.6. The highest BCUT2D eigenvalue weighted by atomic mass is 16.7. The van der Waals surface area contributed by atoms with E-state index in [0.717, 1.165) is 12.8 Å². The molecule has 0 saturated carbocycles. The lowest BCUT2D eigenvalue weighted by Crippen LogP contribution is -2.24. The van der Waals surface area contributed by atoms with Gasteiger partial charge in [-0.2, -0.15) is 5.06 Å². The van der Waals surface area contributed by atoms with Crippen LogP contribution in [-0.4, -0.2) is 36.4 Å². The van der Waals surface area contributed by atoms with Crippen molar-refractivity contribution in [3.63, 3.8) is 0 Å². The highest BCUT2D eigenvalue weighted by Gasteiger charge is 2.13. The van der Waals surface area contributed by atoms with Gasteiger partial charge < -0.3 is 15.7 Å². The normalized spacial score (nSPS) is 12.9. The van der Waals surface area contributed by atoms with E-state index in [1.54, 1.807) is 0 Å². The van der Waals surface area contributed by atoms with Gasteiger partial charge in [-0.25, -0.2) is 4.79 Å². The Kier molecular flexibility index (Phi) is 20.0. The van der Waals surface area contributed by atoms with Crippen LogP contribution in [0.25, 0.3) is 0 Å². The minimum Gasteiger partial charge on any atom is -0.435 e. The molecule has 7 heteroatoms. The molecule has 0 amide bonds. The summed E-state index contributed by atoms with van der Waals surface area (Å²) < 4.78 is 5.01. The van der Waals surface area contributed by atoms with Gasteiger partial charge in [0, 0.05) is 0 Å². The molecule has 1 rings (SSSR count). The molecule has 1 aliphatic rings. The van der Waals surface area contributed by atoms with Crippen LogP contribution >= 0.6 is 0 Å². The Morgan fingerprint density at radius 1 is 0.871 bits per heavy atom. The molecule has 0 saturated heterocycles. The van der Waals surface area contributed by atoms with Crippen molar-refractivity contribution < 1.29 is 19.2 Å².